The molecule has 1 unspecified atom stereocenters. The van der Waals surface area contributed by atoms with Crippen molar-refractivity contribution in [1.82, 2.24) is 4.98 Å². The molecule has 5 heteroatoms. The van der Waals surface area contributed by atoms with Crippen molar-refractivity contribution in [2.45, 2.75) is 32.1 Å². The number of carbonyl (C=O) groups is 1. The summed E-state index contributed by atoms with van der Waals surface area (Å²) in [6.45, 7) is 2.43. The maximum Gasteiger partial charge on any atom is 0.170 e. The van der Waals surface area contributed by atoms with Gasteiger partial charge in [0.1, 0.15) is 16.8 Å². The number of rotatable bonds is 5. The molecule has 0 aliphatic carbocycles. The number of carbonyl (C=O) groups excluding carboxylic acids is 1. The van der Waals surface area contributed by atoms with Crippen molar-refractivity contribution in [3.63, 3.8) is 0 Å². The molecule has 1 aliphatic rings. The van der Waals surface area contributed by atoms with Gasteiger partial charge < -0.3 is 4.90 Å². The van der Waals surface area contributed by atoms with Gasteiger partial charge in [-0.05, 0) is 42.7 Å². The van der Waals surface area contributed by atoms with E-state index in [1.54, 1.807) is 0 Å². The summed E-state index contributed by atoms with van der Waals surface area (Å²) >= 11 is 1.51. The van der Waals surface area contributed by atoms with Crippen LogP contribution in [0.25, 0.3) is 10.2 Å². The van der Waals surface area contributed by atoms with E-state index in [0.717, 1.165) is 27.3 Å². The van der Waals surface area contributed by atoms with Gasteiger partial charge >= 0.3 is 0 Å². The third-order valence-electron chi connectivity index (χ3n) is 4.82. The minimum atomic E-state index is -0.549. The van der Waals surface area contributed by atoms with E-state index in [-0.39, 0.29) is 12.3 Å². The molecule has 1 saturated heterocycles. The van der Waals surface area contributed by atoms with Crippen LogP contribution in [0.3, 0.4) is 0 Å². The number of hydrogen-bond donors (Lipinski definition) is 1. The van der Waals surface area contributed by atoms with Crippen LogP contribution >= 0.6 is 11.3 Å². The van der Waals surface area contributed by atoms with E-state index in [1.165, 1.54) is 29.7 Å². The number of hydrogen-bond acceptors (Lipinski definition) is 4. The van der Waals surface area contributed by atoms with Crippen molar-refractivity contribution in [1.29, 1.82) is 5.41 Å². The molecule has 1 fully saturated rings. The quantitative estimate of drug-likeness (QED) is 0.709. The first-order valence-corrected chi connectivity index (χ1v) is 9.82. The molecule has 4 rings (SSSR count). The second-order valence-corrected chi connectivity index (χ2v) is 7.72. The highest BCUT2D eigenvalue weighted by atomic mass is 32.1. The Morgan fingerprint density at radius 1 is 1.19 bits per heavy atom. The molecule has 26 heavy (non-hydrogen) atoms. The van der Waals surface area contributed by atoms with Gasteiger partial charge in [-0.2, -0.15) is 0 Å². The Morgan fingerprint density at radius 2 is 1.96 bits per heavy atom. The Balaban J connectivity index is 1.58. The van der Waals surface area contributed by atoms with E-state index < -0.39 is 5.92 Å². The first-order chi connectivity index (χ1) is 12.7. The number of anilines is 1. The normalized spacial score (nSPS) is 17.4. The number of nitrogens with one attached hydrogen (secondary N) is 1. The van der Waals surface area contributed by atoms with Gasteiger partial charge in [0.05, 0.1) is 16.8 Å². The summed E-state index contributed by atoms with van der Waals surface area (Å²) in [5.74, 6) is -0.174. The standard InChI is InChI=1S/C21H21N3OS/c1-2-3-6-14-9-11-15(12-10-14)24-13-17(25)19(20(24)22)21-23-16-7-4-5-8-18(16)26-21/h4-5,7-12,19,22H,2-3,6,13H2,1H3. The number of Topliss-reactive ketones (excluding diaryl/α,β-unsaturated/α-hetero) is 1. The zero-order chi connectivity index (χ0) is 18.1. The molecule has 0 amide bonds. The summed E-state index contributed by atoms with van der Waals surface area (Å²) in [6, 6.07) is 16.1. The van der Waals surface area contributed by atoms with Crippen LogP contribution in [-0.2, 0) is 11.2 Å². The van der Waals surface area contributed by atoms with Crippen molar-refractivity contribution >= 4 is 38.9 Å². The minimum absolute atomic E-state index is 0.0455. The van der Waals surface area contributed by atoms with Crippen LogP contribution in [0.1, 0.15) is 36.3 Å². The second-order valence-electron chi connectivity index (χ2n) is 6.66. The third kappa shape index (κ3) is 3.03. The lowest BCUT2D eigenvalue weighted by Gasteiger charge is -2.18. The van der Waals surface area contributed by atoms with Gasteiger partial charge in [0.25, 0.3) is 0 Å². The van der Waals surface area contributed by atoms with Gasteiger partial charge in [0.2, 0.25) is 0 Å². The summed E-state index contributed by atoms with van der Waals surface area (Å²) in [4.78, 5) is 19.0. The lowest BCUT2D eigenvalue weighted by atomic mass is 10.1. The van der Waals surface area contributed by atoms with Crippen molar-refractivity contribution in [2.75, 3.05) is 11.4 Å². The highest BCUT2D eigenvalue weighted by Crippen LogP contribution is 2.34. The molecule has 132 valence electrons. The molecule has 2 heterocycles. The van der Waals surface area contributed by atoms with E-state index in [1.807, 2.05) is 41.3 Å². The fourth-order valence-corrected chi connectivity index (χ4v) is 4.46. The predicted molar refractivity (Wildman–Crippen MR) is 107 cm³/mol. The number of benzene rings is 2. The van der Waals surface area contributed by atoms with Gasteiger partial charge in [-0.1, -0.05) is 37.6 Å². The summed E-state index contributed by atoms with van der Waals surface area (Å²) in [5, 5.41) is 9.30. The average molecular weight is 363 g/mol. The van der Waals surface area contributed by atoms with Crippen molar-refractivity contribution in [3.05, 3.63) is 59.1 Å². The number of ketones is 1. The largest absolute Gasteiger partial charge is 0.322 e. The Hall–Kier alpha value is -2.53. The van der Waals surface area contributed by atoms with Gasteiger partial charge in [-0.25, -0.2) is 4.98 Å². The number of para-hydroxylation sites is 1. The van der Waals surface area contributed by atoms with Crippen LogP contribution in [0.4, 0.5) is 5.69 Å². The molecule has 2 aromatic carbocycles. The average Bonchev–Trinajstić information content (AvgIpc) is 3.20. The maximum atomic E-state index is 12.6. The van der Waals surface area contributed by atoms with Gasteiger partial charge in [-0.3, -0.25) is 10.2 Å². The summed E-state index contributed by atoms with van der Waals surface area (Å²) < 4.78 is 1.06. The first-order valence-electron chi connectivity index (χ1n) is 9.00. The minimum Gasteiger partial charge on any atom is -0.322 e. The van der Waals surface area contributed by atoms with Crippen LogP contribution in [0.5, 0.6) is 0 Å². The Morgan fingerprint density at radius 3 is 2.69 bits per heavy atom. The van der Waals surface area contributed by atoms with Gasteiger partial charge in [0, 0.05) is 5.69 Å². The lowest BCUT2D eigenvalue weighted by molar-refractivity contribution is -0.116. The molecule has 0 radical (unpaired) electrons. The molecule has 4 nitrogen and oxygen atoms in total. The van der Waals surface area contributed by atoms with Crippen molar-refractivity contribution in [3.8, 4) is 0 Å². The summed E-state index contributed by atoms with van der Waals surface area (Å²) in [7, 11) is 0. The number of fused-ring (bicyclic) bond motifs is 1. The smallest absolute Gasteiger partial charge is 0.170 e. The molecule has 1 N–H and O–H groups in total. The predicted octanol–water partition coefficient (Wildman–Crippen LogP) is 4.79. The highest BCUT2D eigenvalue weighted by Gasteiger charge is 2.39. The summed E-state index contributed by atoms with van der Waals surface area (Å²) in [6.07, 6.45) is 3.43. The van der Waals surface area contributed by atoms with Crippen LogP contribution in [0.2, 0.25) is 0 Å². The van der Waals surface area contributed by atoms with Crippen molar-refractivity contribution < 1.29 is 4.79 Å². The van der Waals surface area contributed by atoms with Gasteiger partial charge in [0.15, 0.2) is 5.78 Å². The molecule has 0 saturated carbocycles. The number of aryl methyl sites for hydroxylation is 1. The first kappa shape index (κ1) is 16.9. The zero-order valence-corrected chi connectivity index (χ0v) is 15.6. The molecule has 1 aromatic heterocycles. The number of thiazole rings is 1. The van der Waals surface area contributed by atoms with E-state index in [2.05, 4.69) is 24.0 Å². The molecular formula is C21H21N3OS. The molecular weight excluding hydrogens is 342 g/mol. The van der Waals surface area contributed by atoms with Crippen molar-refractivity contribution in [2.24, 2.45) is 0 Å². The Bertz CT molecular complexity index is 928. The molecule has 3 aromatic rings. The molecule has 0 bridgehead atoms. The monoisotopic (exact) mass is 363 g/mol. The van der Waals surface area contributed by atoms with Crippen LogP contribution < -0.4 is 4.90 Å². The van der Waals surface area contributed by atoms with Crippen LogP contribution in [0.15, 0.2) is 48.5 Å². The fourth-order valence-electron chi connectivity index (χ4n) is 3.36. The topological polar surface area (TPSA) is 57.1 Å². The fraction of sp³-hybridized carbons (Fsp3) is 0.286. The van der Waals surface area contributed by atoms with Crippen LogP contribution in [-0.4, -0.2) is 23.1 Å². The highest BCUT2D eigenvalue weighted by molar-refractivity contribution is 7.18. The number of unbranched alkanes of at least 4 members (excludes halogenated alkanes) is 1. The SMILES string of the molecule is CCCCc1ccc(N2CC(=O)C(c3nc4ccccc4s3)C2=N)cc1. The van der Waals surface area contributed by atoms with E-state index in [4.69, 9.17) is 5.41 Å². The van der Waals surface area contributed by atoms with Crippen LogP contribution in [0, 0.1) is 5.41 Å². The van der Waals surface area contributed by atoms with E-state index in [0.29, 0.717) is 5.84 Å². The third-order valence-corrected chi connectivity index (χ3v) is 5.93. The second kappa shape index (κ2) is 7.00. The molecule has 0 spiro atoms. The molecule has 1 atom stereocenters. The lowest BCUT2D eigenvalue weighted by Crippen LogP contribution is -2.25. The van der Waals surface area contributed by atoms with E-state index >= 15 is 0 Å². The summed E-state index contributed by atoms with van der Waals surface area (Å²) in [5.41, 5.74) is 3.11. The maximum absolute atomic E-state index is 12.6. The zero-order valence-electron chi connectivity index (χ0n) is 14.7. The Labute approximate surface area is 157 Å². The number of amidine groups is 1. The van der Waals surface area contributed by atoms with E-state index in [9.17, 15) is 4.79 Å². The molecule has 1 aliphatic heterocycles. The Kier molecular flexibility index (Phi) is 4.55. The number of nitrogens with zero attached hydrogens (tertiary/aromatic N) is 2. The number of aromatic nitrogens is 1. The van der Waals surface area contributed by atoms with Gasteiger partial charge in [-0.15, -0.1) is 11.3 Å².